The molecule has 0 bridgehead atoms. The molecule has 140 valence electrons. The Kier molecular flexibility index (Phi) is 5.20. The molecule has 26 heavy (non-hydrogen) atoms. The maximum atomic E-state index is 12.3. The van der Waals surface area contributed by atoms with E-state index >= 15 is 0 Å². The van der Waals surface area contributed by atoms with Crippen LogP contribution >= 0.6 is 0 Å². The molecule has 6 nitrogen and oxygen atoms in total. The third-order valence-electron chi connectivity index (χ3n) is 4.60. The Labute approximate surface area is 155 Å². The number of aromatic amines is 1. The van der Waals surface area contributed by atoms with Crippen LogP contribution in [0.2, 0.25) is 0 Å². The van der Waals surface area contributed by atoms with Crippen molar-refractivity contribution in [1.82, 2.24) is 14.9 Å². The predicted octanol–water partition coefficient (Wildman–Crippen LogP) is 3.62. The highest BCUT2D eigenvalue weighted by Gasteiger charge is 2.27. The van der Waals surface area contributed by atoms with E-state index in [0.29, 0.717) is 13.1 Å². The molecule has 0 saturated carbocycles. The lowest BCUT2D eigenvalue weighted by Crippen LogP contribution is -2.50. The zero-order valence-electron chi connectivity index (χ0n) is 16.0. The van der Waals surface area contributed by atoms with Crippen molar-refractivity contribution in [3.63, 3.8) is 0 Å². The van der Waals surface area contributed by atoms with E-state index in [1.54, 1.807) is 11.1 Å². The number of carbonyl (C=O) groups is 1. The number of piperazine rings is 1. The van der Waals surface area contributed by atoms with Gasteiger partial charge in [0.15, 0.2) is 0 Å². The number of H-pyrrole nitrogens is 1. The second kappa shape index (κ2) is 7.40. The smallest absolute Gasteiger partial charge is 0.410 e. The van der Waals surface area contributed by atoms with Crippen LogP contribution in [-0.4, -0.2) is 52.7 Å². The summed E-state index contributed by atoms with van der Waals surface area (Å²) in [6.07, 6.45) is 3.41. The van der Waals surface area contributed by atoms with Gasteiger partial charge in [-0.3, -0.25) is 0 Å². The first-order valence-corrected chi connectivity index (χ1v) is 9.16. The van der Waals surface area contributed by atoms with Gasteiger partial charge in [0, 0.05) is 50.2 Å². The monoisotopic (exact) mass is 356 g/mol. The van der Waals surface area contributed by atoms with Crippen molar-refractivity contribution in [2.24, 2.45) is 0 Å². The van der Waals surface area contributed by atoms with Crippen LogP contribution in [0, 0.1) is 0 Å². The van der Waals surface area contributed by atoms with Crippen LogP contribution in [0.1, 0.15) is 45.0 Å². The van der Waals surface area contributed by atoms with E-state index in [1.807, 2.05) is 27.0 Å². The number of nitrogens with one attached hydrogen (secondary N) is 1. The van der Waals surface area contributed by atoms with Gasteiger partial charge in [-0.2, -0.15) is 0 Å². The van der Waals surface area contributed by atoms with Gasteiger partial charge in [-0.25, -0.2) is 9.78 Å². The van der Waals surface area contributed by atoms with Gasteiger partial charge in [0.25, 0.3) is 0 Å². The van der Waals surface area contributed by atoms with E-state index in [9.17, 15) is 4.79 Å². The van der Waals surface area contributed by atoms with Gasteiger partial charge in [0.1, 0.15) is 11.4 Å². The average Bonchev–Trinajstić information content (AvgIpc) is 3.14. The summed E-state index contributed by atoms with van der Waals surface area (Å²) in [4.78, 5) is 24.0. The van der Waals surface area contributed by atoms with Gasteiger partial charge in [0.05, 0.1) is 0 Å². The summed E-state index contributed by atoms with van der Waals surface area (Å²) in [5, 5.41) is 0. The lowest BCUT2D eigenvalue weighted by atomic mass is 9.97. The lowest BCUT2D eigenvalue weighted by molar-refractivity contribution is 0.0240. The van der Waals surface area contributed by atoms with Crippen molar-refractivity contribution >= 4 is 11.8 Å². The van der Waals surface area contributed by atoms with Gasteiger partial charge in [-0.05, 0) is 32.4 Å². The van der Waals surface area contributed by atoms with E-state index in [2.05, 4.69) is 46.1 Å². The van der Waals surface area contributed by atoms with Crippen molar-refractivity contribution in [2.75, 3.05) is 31.1 Å². The fourth-order valence-corrected chi connectivity index (χ4v) is 3.26. The SMILES string of the molecule is CC(c1ncc[nH]1)c1ccccc1N1CCN(C(=O)OC(C)(C)C)CC1. The number of benzene rings is 1. The third-order valence-corrected chi connectivity index (χ3v) is 4.60. The number of nitrogens with zero attached hydrogens (tertiary/aromatic N) is 3. The Morgan fingerprint density at radius 2 is 1.88 bits per heavy atom. The molecule has 0 radical (unpaired) electrons. The summed E-state index contributed by atoms with van der Waals surface area (Å²) in [6, 6.07) is 8.43. The Bertz CT molecular complexity index is 729. The molecule has 1 amide bonds. The number of ether oxygens (including phenoxy) is 1. The molecule has 1 fully saturated rings. The molecule has 1 aromatic heterocycles. The van der Waals surface area contributed by atoms with E-state index in [0.717, 1.165) is 18.9 Å². The minimum Gasteiger partial charge on any atom is -0.444 e. The van der Waals surface area contributed by atoms with Crippen LogP contribution in [0.5, 0.6) is 0 Å². The molecule has 1 unspecified atom stereocenters. The molecule has 1 aliphatic heterocycles. The van der Waals surface area contributed by atoms with Gasteiger partial charge >= 0.3 is 6.09 Å². The first-order valence-electron chi connectivity index (χ1n) is 9.16. The molecular formula is C20H28N4O2. The first-order chi connectivity index (χ1) is 12.3. The Morgan fingerprint density at radius 1 is 1.19 bits per heavy atom. The molecule has 1 aromatic carbocycles. The van der Waals surface area contributed by atoms with E-state index < -0.39 is 5.60 Å². The fraction of sp³-hybridized carbons (Fsp3) is 0.500. The highest BCUT2D eigenvalue weighted by molar-refractivity contribution is 5.69. The lowest BCUT2D eigenvalue weighted by Gasteiger charge is -2.38. The Morgan fingerprint density at radius 3 is 2.50 bits per heavy atom. The Hall–Kier alpha value is -2.50. The molecule has 1 saturated heterocycles. The van der Waals surface area contributed by atoms with Gasteiger partial charge in [0.2, 0.25) is 0 Å². The number of imidazole rings is 1. The van der Waals surface area contributed by atoms with Crippen LogP contribution in [0.3, 0.4) is 0 Å². The standard InChI is InChI=1S/C20H28N4O2/c1-15(18-21-9-10-22-18)16-7-5-6-8-17(16)23-11-13-24(14-12-23)19(25)26-20(2,3)4/h5-10,15H,11-14H2,1-4H3,(H,21,22). The second-order valence-corrected chi connectivity index (χ2v) is 7.71. The molecular weight excluding hydrogens is 328 g/mol. The summed E-state index contributed by atoms with van der Waals surface area (Å²) in [6.45, 7) is 10.8. The molecule has 2 heterocycles. The minimum atomic E-state index is -0.459. The van der Waals surface area contributed by atoms with Crippen LogP contribution in [0.15, 0.2) is 36.7 Å². The summed E-state index contributed by atoms with van der Waals surface area (Å²) < 4.78 is 5.49. The number of amides is 1. The van der Waals surface area contributed by atoms with E-state index in [-0.39, 0.29) is 12.0 Å². The quantitative estimate of drug-likeness (QED) is 0.912. The number of para-hydroxylation sites is 1. The number of aromatic nitrogens is 2. The first kappa shape index (κ1) is 18.3. The van der Waals surface area contributed by atoms with Gasteiger partial charge in [-0.15, -0.1) is 0 Å². The molecule has 1 aliphatic rings. The highest BCUT2D eigenvalue weighted by Crippen LogP contribution is 2.31. The largest absolute Gasteiger partial charge is 0.444 e. The number of carbonyl (C=O) groups excluding carboxylic acids is 1. The number of hydrogen-bond acceptors (Lipinski definition) is 4. The molecule has 3 rings (SSSR count). The normalized spacial score (nSPS) is 16.5. The zero-order chi connectivity index (χ0) is 18.7. The van der Waals surface area contributed by atoms with E-state index in [1.165, 1.54) is 11.3 Å². The van der Waals surface area contributed by atoms with Crippen molar-refractivity contribution in [3.8, 4) is 0 Å². The number of rotatable bonds is 3. The number of hydrogen-bond donors (Lipinski definition) is 1. The van der Waals surface area contributed by atoms with Crippen LogP contribution < -0.4 is 4.90 Å². The molecule has 2 aromatic rings. The van der Waals surface area contributed by atoms with Crippen LogP contribution in [0.4, 0.5) is 10.5 Å². The minimum absolute atomic E-state index is 0.185. The Balaban J connectivity index is 1.70. The van der Waals surface area contributed by atoms with Crippen molar-refractivity contribution in [3.05, 3.63) is 48.0 Å². The predicted molar refractivity (Wildman–Crippen MR) is 103 cm³/mol. The topological polar surface area (TPSA) is 61.5 Å². The highest BCUT2D eigenvalue weighted by atomic mass is 16.6. The summed E-state index contributed by atoms with van der Waals surface area (Å²) in [5.74, 6) is 1.15. The molecule has 0 spiro atoms. The van der Waals surface area contributed by atoms with Crippen molar-refractivity contribution in [1.29, 1.82) is 0 Å². The zero-order valence-corrected chi connectivity index (χ0v) is 16.0. The van der Waals surface area contributed by atoms with Crippen LogP contribution in [-0.2, 0) is 4.74 Å². The van der Waals surface area contributed by atoms with Gasteiger partial charge in [-0.1, -0.05) is 25.1 Å². The summed E-state index contributed by atoms with van der Waals surface area (Å²) in [7, 11) is 0. The average molecular weight is 356 g/mol. The van der Waals surface area contributed by atoms with E-state index in [4.69, 9.17) is 4.74 Å². The molecule has 1 N–H and O–H groups in total. The third kappa shape index (κ3) is 4.18. The maximum Gasteiger partial charge on any atom is 0.410 e. The van der Waals surface area contributed by atoms with Crippen molar-refractivity contribution < 1.29 is 9.53 Å². The van der Waals surface area contributed by atoms with Gasteiger partial charge < -0.3 is 19.5 Å². The molecule has 0 aliphatic carbocycles. The summed E-state index contributed by atoms with van der Waals surface area (Å²) >= 11 is 0. The fourth-order valence-electron chi connectivity index (χ4n) is 3.26. The molecule has 6 heteroatoms. The molecule has 1 atom stereocenters. The number of anilines is 1. The summed E-state index contributed by atoms with van der Waals surface area (Å²) in [5.41, 5.74) is 1.99. The second-order valence-electron chi connectivity index (χ2n) is 7.71. The van der Waals surface area contributed by atoms with Crippen molar-refractivity contribution in [2.45, 2.75) is 39.2 Å². The maximum absolute atomic E-state index is 12.3. The van der Waals surface area contributed by atoms with Crippen LogP contribution in [0.25, 0.3) is 0 Å².